The first-order valence-corrected chi connectivity index (χ1v) is 7.48. The summed E-state index contributed by atoms with van der Waals surface area (Å²) >= 11 is 1.56. The molecule has 0 spiro atoms. The Hall–Kier alpha value is -0.420. The Morgan fingerprint density at radius 3 is 2.47 bits per heavy atom. The van der Waals surface area contributed by atoms with E-state index in [2.05, 4.69) is 24.5 Å². The standard InChI is InChI=1S/C12H26N2O2S/c1-9(2)6-5-7-13-12(16)14-10(3)11(8-15)17-4/h9-11,15H,5-8H2,1-4H3,(H2,13,14,16). The van der Waals surface area contributed by atoms with Crippen LogP contribution in [0.2, 0.25) is 0 Å². The predicted molar refractivity (Wildman–Crippen MR) is 74.5 cm³/mol. The smallest absolute Gasteiger partial charge is 0.315 e. The highest BCUT2D eigenvalue weighted by atomic mass is 32.2. The van der Waals surface area contributed by atoms with Crippen LogP contribution in [0, 0.1) is 5.92 Å². The van der Waals surface area contributed by atoms with Gasteiger partial charge in [-0.15, -0.1) is 0 Å². The molecule has 5 heteroatoms. The fraction of sp³-hybridized carbons (Fsp3) is 0.917. The lowest BCUT2D eigenvalue weighted by Crippen LogP contribution is -2.46. The van der Waals surface area contributed by atoms with Crippen LogP contribution in [0.1, 0.15) is 33.6 Å². The number of nitrogens with one attached hydrogen (secondary N) is 2. The summed E-state index contributed by atoms with van der Waals surface area (Å²) in [7, 11) is 0. The van der Waals surface area contributed by atoms with Gasteiger partial charge in [-0.1, -0.05) is 13.8 Å². The van der Waals surface area contributed by atoms with Gasteiger partial charge in [0.25, 0.3) is 0 Å². The van der Waals surface area contributed by atoms with Gasteiger partial charge >= 0.3 is 6.03 Å². The largest absolute Gasteiger partial charge is 0.395 e. The fourth-order valence-electron chi connectivity index (χ4n) is 1.50. The molecule has 0 heterocycles. The normalized spacial score (nSPS) is 14.5. The van der Waals surface area contributed by atoms with Crippen molar-refractivity contribution in [3.8, 4) is 0 Å². The first-order valence-electron chi connectivity index (χ1n) is 6.19. The third kappa shape index (κ3) is 8.32. The zero-order valence-electron chi connectivity index (χ0n) is 11.3. The van der Waals surface area contributed by atoms with E-state index in [4.69, 9.17) is 5.11 Å². The molecule has 2 unspecified atom stereocenters. The molecule has 2 atom stereocenters. The van der Waals surface area contributed by atoms with Crippen molar-refractivity contribution >= 4 is 17.8 Å². The van der Waals surface area contributed by atoms with E-state index in [1.807, 2.05) is 13.2 Å². The molecule has 0 aliphatic carbocycles. The number of thioether (sulfide) groups is 1. The van der Waals surface area contributed by atoms with E-state index in [-0.39, 0.29) is 23.9 Å². The van der Waals surface area contributed by atoms with Crippen LogP contribution in [-0.2, 0) is 0 Å². The molecular weight excluding hydrogens is 236 g/mol. The summed E-state index contributed by atoms with van der Waals surface area (Å²) in [4.78, 5) is 11.5. The van der Waals surface area contributed by atoms with Crippen LogP contribution in [0.15, 0.2) is 0 Å². The highest BCUT2D eigenvalue weighted by Crippen LogP contribution is 2.09. The average molecular weight is 262 g/mol. The van der Waals surface area contributed by atoms with Gasteiger partial charge in [0.2, 0.25) is 0 Å². The van der Waals surface area contributed by atoms with Crippen molar-refractivity contribution in [1.29, 1.82) is 0 Å². The van der Waals surface area contributed by atoms with Crippen LogP contribution in [-0.4, -0.2) is 41.8 Å². The average Bonchev–Trinajstić information content (AvgIpc) is 2.25. The maximum atomic E-state index is 11.5. The highest BCUT2D eigenvalue weighted by Gasteiger charge is 2.16. The quantitative estimate of drug-likeness (QED) is 0.585. The van der Waals surface area contributed by atoms with Gasteiger partial charge in [-0.25, -0.2) is 4.79 Å². The number of rotatable bonds is 8. The van der Waals surface area contributed by atoms with Crippen LogP contribution in [0.5, 0.6) is 0 Å². The van der Waals surface area contributed by atoms with Crippen LogP contribution in [0.25, 0.3) is 0 Å². The first kappa shape index (κ1) is 16.6. The predicted octanol–water partition coefficient (Wildman–Crippen LogP) is 1.83. The Labute approximate surface area is 109 Å². The Balaban J connectivity index is 3.70. The third-order valence-electron chi connectivity index (χ3n) is 2.64. The molecule has 0 aromatic heterocycles. The number of hydrogen-bond acceptors (Lipinski definition) is 3. The lowest BCUT2D eigenvalue weighted by Gasteiger charge is -2.21. The van der Waals surface area contributed by atoms with Crippen LogP contribution >= 0.6 is 11.8 Å². The minimum Gasteiger partial charge on any atom is -0.395 e. The van der Waals surface area contributed by atoms with E-state index in [0.29, 0.717) is 12.5 Å². The molecule has 4 nitrogen and oxygen atoms in total. The Bertz CT molecular complexity index is 209. The molecule has 0 radical (unpaired) electrons. The van der Waals surface area contributed by atoms with Crippen molar-refractivity contribution < 1.29 is 9.90 Å². The zero-order valence-corrected chi connectivity index (χ0v) is 12.1. The number of carbonyl (C=O) groups is 1. The summed E-state index contributed by atoms with van der Waals surface area (Å²) in [5.41, 5.74) is 0. The molecule has 0 aromatic rings. The van der Waals surface area contributed by atoms with Gasteiger partial charge < -0.3 is 15.7 Å². The monoisotopic (exact) mass is 262 g/mol. The van der Waals surface area contributed by atoms with E-state index in [1.54, 1.807) is 11.8 Å². The van der Waals surface area contributed by atoms with E-state index in [1.165, 1.54) is 0 Å². The van der Waals surface area contributed by atoms with Gasteiger partial charge in [-0.05, 0) is 31.9 Å². The van der Waals surface area contributed by atoms with E-state index in [9.17, 15) is 4.79 Å². The zero-order chi connectivity index (χ0) is 13.3. The Morgan fingerprint density at radius 1 is 1.35 bits per heavy atom. The lowest BCUT2D eigenvalue weighted by atomic mass is 10.1. The van der Waals surface area contributed by atoms with Gasteiger partial charge in [-0.3, -0.25) is 0 Å². The number of amides is 2. The third-order valence-corrected chi connectivity index (χ3v) is 3.81. The van der Waals surface area contributed by atoms with Gasteiger partial charge in [0.1, 0.15) is 0 Å². The summed E-state index contributed by atoms with van der Waals surface area (Å²) in [6.45, 7) is 7.04. The minimum atomic E-state index is -0.145. The second-order valence-electron chi connectivity index (χ2n) is 4.68. The lowest BCUT2D eigenvalue weighted by molar-refractivity contribution is 0.232. The fourth-order valence-corrected chi connectivity index (χ4v) is 2.13. The van der Waals surface area contributed by atoms with Crippen LogP contribution in [0.4, 0.5) is 4.79 Å². The second kappa shape index (κ2) is 9.59. The maximum absolute atomic E-state index is 11.5. The molecule has 0 saturated carbocycles. The van der Waals surface area contributed by atoms with E-state index < -0.39 is 0 Å². The minimum absolute atomic E-state index is 0.0277. The SMILES string of the molecule is CSC(CO)C(C)NC(=O)NCCCC(C)C. The molecule has 0 aromatic carbocycles. The molecule has 2 amide bonds. The van der Waals surface area contributed by atoms with Crippen molar-refractivity contribution in [2.24, 2.45) is 5.92 Å². The van der Waals surface area contributed by atoms with Crippen molar-refractivity contribution in [1.82, 2.24) is 10.6 Å². The molecule has 0 rings (SSSR count). The van der Waals surface area contributed by atoms with Crippen molar-refractivity contribution in [3.05, 3.63) is 0 Å². The van der Waals surface area contributed by atoms with Gasteiger partial charge in [0, 0.05) is 17.8 Å². The van der Waals surface area contributed by atoms with Crippen molar-refractivity contribution in [2.75, 3.05) is 19.4 Å². The Morgan fingerprint density at radius 2 is 2.00 bits per heavy atom. The van der Waals surface area contributed by atoms with Gasteiger partial charge in [0.15, 0.2) is 0 Å². The summed E-state index contributed by atoms with van der Waals surface area (Å²) in [5.74, 6) is 0.675. The van der Waals surface area contributed by atoms with Gasteiger partial charge in [-0.2, -0.15) is 11.8 Å². The second-order valence-corrected chi connectivity index (χ2v) is 5.76. The van der Waals surface area contributed by atoms with E-state index >= 15 is 0 Å². The highest BCUT2D eigenvalue weighted by molar-refractivity contribution is 7.99. The molecule has 0 aliphatic rings. The molecule has 102 valence electrons. The molecule has 0 saturated heterocycles. The maximum Gasteiger partial charge on any atom is 0.315 e. The number of urea groups is 1. The molecule has 0 fully saturated rings. The topological polar surface area (TPSA) is 61.4 Å². The van der Waals surface area contributed by atoms with Crippen LogP contribution in [0.3, 0.4) is 0 Å². The van der Waals surface area contributed by atoms with E-state index in [0.717, 1.165) is 12.8 Å². The molecular formula is C12H26N2O2S. The number of hydrogen-bond donors (Lipinski definition) is 3. The summed E-state index contributed by atoms with van der Waals surface area (Å²) in [5, 5.41) is 14.8. The Kier molecular flexibility index (Phi) is 9.36. The number of carbonyl (C=O) groups excluding carboxylic acids is 1. The summed E-state index contributed by atoms with van der Waals surface area (Å²) in [6.07, 6.45) is 4.06. The molecule has 3 N–H and O–H groups in total. The summed E-state index contributed by atoms with van der Waals surface area (Å²) in [6, 6.07) is -0.172. The molecule has 0 aliphatic heterocycles. The number of aliphatic hydroxyl groups excluding tert-OH is 1. The van der Waals surface area contributed by atoms with Crippen LogP contribution < -0.4 is 10.6 Å². The first-order chi connectivity index (χ1) is 8.01. The summed E-state index contributed by atoms with van der Waals surface area (Å²) < 4.78 is 0. The van der Waals surface area contributed by atoms with Crippen molar-refractivity contribution in [3.63, 3.8) is 0 Å². The van der Waals surface area contributed by atoms with Crippen molar-refractivity contribution in [2.45, 2.75) is 44.9 Å². The van der Waals surface area contributed by atoms with Gasteiger partial charge in [0.05, 0.1) is 6.61 Å². The number of aliphatic hydroxyl groups is 1. The molecule has 17 heavy (non-hydrogen) atoms. The molecule has 0 bridgehead atoms.